The van der Waals surface area contributed by atoms with Crippen LogP contribution in [0, 0.1) is 26.2 Å². The Bertz CT molecular complexity index is 1800. The van der Waals surface area contributed by atoms with Gasteiger partial charge in [-0.15, -0.1) is 0 Å². The number of para-hydroxylation sites is 1. The zero-order valence-corrected chi connectivity index (χ0v) is 21.9. The second kappa shape index (κ2) is 6.97. The minimum Gasteiger partial charge on any atom is -0.307 e. The Kier molecular flexibility index (Phi) is 4.22. The minimum absolute atomic E-state index is 0.470. The van der Waals surface area contributed by atoms with Gasteiger partial charge in [-0.25, -0.2) is 4.57 Å². The van der Waals surface area contributed by atoms with Gasteiger partial charge in [-0.3, -0.25) is 0 Å². The van der Waals surface area contributed by atoms with Gasteiger partial charge < -0.3 is 4.40 Å². The Morgan fingerprint density at radius 1 is 0.857 bits per heavy atom. The third-order valence-electron chi connectivity index (χ3n) is 9.32. The maximum Gasteiger partial charge on any atom is 0.224 e. The van der Waals surface area contributed by atoms with E-state index in [0.717, 1.165) is 0 Å². The predicted octanol–water partition coefficient (Wildman–Crippen LogP) is 8.42. The number of nitrogens with zero attached hydrogens (tertiary/aromatic N) is 2. The molecule has 0 N–H and O–H groups in total. The first-order valence-corrected chi connectivity index (χ1v) is 13.3. The second-order valence-corrected chi connectivity index (χ2v) is 12.1. The van der Waals surface area contributed by atoms with Crippen LogP contribution >= 0.6 is 0 Å². The molecule has 1 aliphatic carbocycles. The molecule has 176 valence electrons. The van der Waals surface area contributed by atoms with Crippen molar-refractivity contribution in [2.75, 3.05) is 0 Å². The van der Waals surface area contributed by atoms with Gasteiger partial charge >= 0.3 is 0 Å². The molecule has 7 rings (SSSR count). The Morgan fingerprint density at radius 3 is 2.37 bits per heavy atom. The van der Waals surface area contributed by atoms with Crippen LogP contribution in [0.5, 0.6) is 0 Å². The highest BCUT2D eigenvalue weighted by atomic mass is 15.0. The highest BCUT2D eigenvalue weighted by molar-refractivity contribution is 6.28. The largest absolute Gasteiger partial charge is 0.307 e. The van der Waals surface area contributed by atoms with Crippen molar-refractivity contribution < 1.29 is 4.57 Å². The fourth-order valence-corrected chi connectivity index (χ4v) is 7.26. The van der Waals surface area contributed by atoms with Crippen LogP contribution in [0.25, 0.3) is 49.0 Å². The summed E-state index contributed by atoms with van der Waals surface area (Å²) in [7, 11) is 2.22. The van der Waals surface area contributed by atoms with E-state index in [0.29, 0.717) is 11.3 Å². The molecule has 0 bridgehead atoms. The van der Waals surface area contributed by atoms with E-state index in [2.05, 4.69) is 99.3 Å². The Labute approximate surface area is 207 Å². The maximum atomic E-state index is 2.62. The number of hydrogen-bond donors (Lipinski definition) is 0. The summed E-state index contributed by atoms with van der Waals surface area (Å²) in [6.45, 7) is 11.7. The van der Waals surface area contributed by atoms with Crippen LogP contribution in [0.2, 0.25) is 0 Å². The van der Waals surface area contributed by atoms with Gasteiger partial charge in [0, 0.05) is 16.8 Å². The molecule has 3 aromatic heterocycles. The zero-order chi connectivity index (χ0) is 24.2. The first-order valence-electron chi connectivity index (χ1n) is 13.3. The molecule has 3 aromatic carbocycles. The quantitative estimate of drug-likeness (QED) is 0.132. The van der Waals surface area contributed by atoms with E-state index in [1.165, 1.54) is 91.4 Å². The van der Waals surface area contributed by atoms with E-state index >= 15 is 0 Å². The van der Waals surface area contributed by atoms with E-state index in [-0.39, 0.29) is 0 Å². The second-order valence-electron chi connectivity index (χ2n) is 12.1. The summed E-state index contributed by atoms with van der Waals surface area (Å²) in [5.41, 5.74) is 11.7. The van der Waals surface area contributed by atoms with Crippen LogP contribution in [0.4, 0.5) is 0 Å². The van der Waals surface area contributed by atoms with Crippen molar-refractivity contribution in [3.8, 4) is 0 Å². The smallest absolute Gasteiger partial charge is 0.224 e. The zero-order valence-electron chi connectivity index (χ0n) is 21.9. The van der Waals surface area contributed by atoms with Gasteiger partial charge in [0.25, 0.3) is 0 Å². The lowest BCUT2D eigenvalue weighted by Crippen LogP contribution is -2.29. The SMILES string of the molecule is Cc1cc(C)c2c(c1C)c1c3c(cc[n+]1C)cc(C1CCC(C)(C)CC1)c1c4ccccc4n2c13. The van der Waals surface area contributed by atoms with Gasteiger partial charge in [-0.1, -0.05) is 38.1 Å². The molecule has 0 unspecified atom stereocenters. The Morgan fingerprint density at radius 2 is 1.60 bits per heavy atom. The average molecular weight is 460 g/mol. The summed E-state index contributed by atoms with van der Waals surface area (Å²) in [5, 5.41) is 7.11. The maximum absolute atomic E-state index is 2.62. The summed E-state index contributed by atoms with van der Waals surface area (Å²) in [4.78, 5) is 0. The molecule has 1 fully saturated rings. The summed E-state index contributed by atoms with van der Waals surface area (Å²) >= 11 is 0. The molecular formula is C33H35N2+. The number of rotatable bonds is 1. The van der Waals surface area contributed by atoms with Crippen molar-refractivity contribution in [2.45, 2.75) is 66.2 Å². The number of aryl methyl sites for hydroxylation is 4. The van der Waals surface area contributed by atoms with Gasteiger partial charge in [0.1, 0.15) is 7.05 Å². The molecule has 2 heteroatoms. The molecule has 0 amide bonds. The molecule has 6 aromatic rings. The number of pyridine rings is 2. The number of hydrogen-bond acceptors (Lipinski definition) is 0. The Hall–Kier alpha value is -3.13. The minimum atomic E-state index is 0.470. The molecule has 3 heterocycles. The lowest BCUT2D eigenvalue weighted by atomic mass is 9.70. The van der Waals surface area contributed by atoms with Crippen molar-refractivity contribution in [1.82, 2.24) is 4.40 Å². The molecule has 0 aliphatic heterocycles. The summed E-state index contributed by atoms with van der Waals surface area (Å²) in [6.07, 6.45) is 7.47. The molecule has 0 radical (unpaired) electrons. The van der Waals surface area contributed by atoms with Crippen LogP contribution in [-0.2, 0) is 7.05 Å². The number of fused-ring (bicyclic) bond motifs is 6. The van der Waals surface area contributed by atoms with Crippen LogP contribution in [0.3, 0.4) is 0 Å². The first kappa shape index (κ1) is 21.2. The molecule has 0 spiro atoms. The molecule has 1 saturated carbocycles. The van der Waals surface area contributed by atoms with Crippen LogP contribution in [0.15, 0.2) is 48.7 Å². The Balaban J connectivity index is 1.77. The topological polar surface area (TPSA) is 8.29 Å². The third-order valence-corrected chi connectivity index (χ3v) is 9.32. The van der Waals surface area contributed by atoms with Gasteiger partial charge in [-0.05, 0) is 97.6 Å². The molecule has 1 aliphatic rings. The van der Waals surface area contributed by atoms with E-state index in [9.17, 15) is 0 Å². The van der Waals surface area contributed by atoms with Gasteiger partial charge in [0.2, 0.25) is 5.52 Å². The highest BCUT2D eigenvalue weighted by Crippen LogP contribution is 2.49. The summed E-state index contributed by atoms with van der Waals surface area (Å²) < 4.78 is 4.98. The van der Waals surface area contributed by atoms with Gasteiger partial charge in [-0.2, -0.15) is 0 Å². The molecular weight excluding hydrogens is 424 g/mol. The third kappa shape index (κ3) is 2.74. The average Bonchev–Trinajstić information content (AvgIpc) is 3.18. The van der Waals surface area contributed by atoms with Gasteiger partial charge in [0.05, 0.1) is 27.3 Å². The monoisotopic (exact) mass is 459 g/mol. The van der Waals surface area contributed by atoms with Crippen molar-refractivity contribution in [3.63, 3.8) is 0 Å². The number of aromatic nitrogens is 2. The van der Waals surface area contributed by atoms with Crippen molar-refractivity contribution in [3.05, 3.63) is 70.9 Å². The van der Waals surface area contributed by atoms with Gasteiger partial charge in [0.15, 0.2) is 6.20 Å². The molecule has 0 saturated heterocycles. The fourth-order valence-electron chi connectivity index (χ4n) is 7.26. The lowest BCUT2D eigenvalue weighted by Gasteiger charge is -2.35. The number of benzene rings is 3. The van der Waals surface area contributed by atoms with Crippen LogP contribution in [0.1, 0.15) is 67.7 Å². The standard InChI is InChI=1S/C33H35N2/c1-19-17-20(2)30-27(21(19)3)31-28-23(13-16-34(31)6)18-25(22-11-14-33(4,5)15-12-22)29-24-9-7-8-10-26(24)35(30)32(28)29/h7-10,13,16-18,22H,11-12,14-15H2,1-6H3/q+1. The van der Waals surface area contributed by atoms with Crippen molar-refractivity contribution in [2.24, 2.45) is 12.5 Å². The summed E-state index contributed by atoms with van der Waals surface area (Å²) in [6, 6.07) is 16.4. The highest BCUT2D eigenvalue weighted by Gasteiger charge is 2.32. The van der Waals surface area contributed by atoms with Crippen molar-refractivity contribution in [1.29, 1.82) is 0 Å². The van der Waals surface area contributed by atoms with E-state index < -0.39 is 0 Å². The normalized spacial score (nSPS) is 17.1. The summed E-state index contributed by atoms with van der Waals surface area (Å²) in [5.74, 6) is 0.631. The van der Waals surface area contributed by atoms with Crippen LogP contribution in [-0.4, -0.2) is 4.40 Å². The van der Waals surface area contributed by atoms with Crippen molar-refractivity contribution >= 4 is 49.0 Å². The molecule has 35 heavy (non-hydrogen) atoms. The molecule has 0 atom stereocenters. The lowest BCUT2D eigenvalue weighted by molar-refractivity contribution is -0.643. The fraction of sp³-hybridized carbons (Fsp3) is 0.364. The molecule has 2 nitrogen and oxygen atoms in total. The first-order chi connectivity index (χ1) is 16.8. The van der Waals surface area contributed by atoms with Crippen LogP contribution < -0.4 is 4.57 Å². The van der Waals surface area contributed by atoms with E-state index in [1.807, 2.05) is 0 Å². The van der Waals surface area contributed by atoms with E-state index in [1.54, 1.807) is 5.56 Å². The predicted molar refractivity (Wildman–Crippen MR) is 149 cm³/mol. The van der Waals surface area contributed by atoms with E-state index in [4.69, 9.17) is 0 Å².